The number of hydrogen-bond donors (Lipinski definition) is 2. The van der Waals surface area contributed by atoms with Crippen LogP contribution in [0.15, 0.2) is 42.7 Å². The van der Waals surface area contributed by atoms with Crippen molar-refractivity contribution in [2.45, 2.75) is 114 Å². The molecule has 2 aliphatic rings. The Kier molecular flexibility index (Phi) is 14.3. The molecule has 24 heteroatoms. The second-order valence-corrected chi connectivity index (χ2v) is 14.8. The largest absolute Gasteiger partial charge is 0.487 e. The Morgan fingerprint density at radius 1 is 0.869 bits per heavy atom. The van der Waals surface area contributed by atoms with Crippen molar-refractivity contribution in [2.24, 2.45) is 0 Å². The summed E-state index contributed by atoms with van der Waals surface area (Å²) >= 11 is -0.0798. The zero-order valence-corrected chi connectivity index (χ0v) is 33.1. The Hall–Kier alpha value is -5.36. The van der Waals surface area contributed by atoms with E-state index in [2.05, 4.69) is 20.0 Å². The summed E-state index contributed by atoms with van der Waals surface area (Å²) in [5.41, 5.74) is -4.90. The maximum atomic E-state index is 13.8. The molecule has 1 aliphatic carbocycles. The fourth-order valence-electron chi connectivity index (χ4n) is 6.14. The van der Waals surface area contributed by atoms with E-state index in [1.165, 1.54) is 30.5 Å². The number of halogens is 8. The van der Waals surface area contributed by atoms with Crippen LogP contribution in [-0.4, -0.2) is 101 Å². The lowest BCUT2D eigenvalue weighted by Crippen LogP contribution is -2.67. The lowest BCUT2D eigenvalue weighted by molar-refractivity contribution is -0.376. The summed E-state index contributed by atoms with van der Waals surface area (Å²) in [4.78, 5) is 55.6. The molecule has 1 saturated heterocycles. The standard InChI is InChI=1S/C37H37F8N3O12S/c1-16(49)48-29-31(56-19(4)52)30(55-18(3)51)26(15-54-17(2)50)58-32(29)60-28-10-5-20(13-46-28)11-23(21-6-9-24(59-34(38)39)25(12-21)57-22-7-8-22)27-14-47-33(61-27)35(53,36(40,41)42)37(43,44)45/h5-6,9-10,12-14,22-23,26,29-32,34,53H,7-8,11,15H2,1-4H3,(H,48,49)/t23-,26?,29+,30+,31?,32-/m0/s1. The van der Waals surface area contributed by atoms with Crippen molar-refractivity contribution in [3.8, 4) is 17.4 Å². The molecule has 1 saturated carbocycles. The van der Waals surface area contributed by atoms with Crippen LogP contribution < -0.4 is 19.5 Å². The summed E-state index contributed by atoms with van der Waals surface area (Å²) in [6.07, 6.45) is -15.7. The highest BCUT2D eigenvalue weighted by molar-refractivity contribution is 7.11. The van der Waals surface area contributed by atoms with Crippen LogP contribution in [0.25, 0.3) is 0 Å². The lowest BCUT2D eigenvalue weighted by atomic mass is 9.91. The molecule has 1 aromatic carbocycles. The number of esters is 3. The topological polar surface area (TPSA) is 191 Å². The first-order chi connectivity index (χ1) is 28.5. The van der Waals surface area contributed by atoms with Gasteiger partial charge in [0.15, 0.2) is 23.7 Å². The van der Waals surface area contributed by atoms with Gasteiger partial charge in [-0.25, -0.2) is 9.97 Å². The van der Waals surface area contributed by atoms with Crippen molar-refractivity contribution in [1.29, 1.82) is 0 Å². The zero-order chi connectivity index (χ0) is 45.0. The molecule has 2 N–H and O–H groups in total. The average molecular weight is 900 g/mol. The second-order valence-electron chi connectivity index (χ2n) is 13.8. The van der Waals surface area contributed by atoms with Crippen molar-refractivity contribution in [1.82, 2.24) is 15.3 Å². The third-order valence-electron chi connectivity index (χ3n) is 8.95. The Morgan fingerprint density at radius 2 is 1.52 bits per heavy atom. The summed E-state index contributed by atoms with van der Waals surface area (Å²) < 4.78 is 148. The van der Waals surface area contributed by atoms with Gasteiger partial charge < -0.3 is 43.6 Å². The van der Waals surface area contributed by atoms with Gasteiger partial charge in [0.2, 0.25) is 18.1 Å². The van der Waals surface area contributed by atoms with Gasteiger partial charge in [-0.15, -0.1) is 11.3 Å². The minimum Gasteiger partial charge on any atom is -0.487 e. The first-order valence-corrected chi connectivity index (χ1v) is 18.9. The van der Waals surface area contributed by atoms with Crippen LogP contribution in [-0.2, 0) is 50.1 Å². The number of nitrogens with zero attached hydrogens (tertiary/aromatic N) is 2. The predicted molar refractivity (Wildman–Crippen MR) is 189 cm³/mol. The third kappa shape index (κ3) is 11.5. The van der Waals surface area contributed by atoms with Gasteiger partial charge in [0.25, 0.3) is 0 Å². The fourth-order valence-corrected chi connectivity index (χ4v) is 7.32. The molecule has 2 fully saturated rings. The smallest absolute Gasteiger partial charge is 0.433 e. The zero-order valence-electron chi connectivity index (χ0n) is 32.3. The number of carbonyl (C=O) groups excluding carboxylic acids is 4. The number of rotatable bonds is 16. The molecule has 1 amide bonds. The second kappa shape index (κ2) is 18.7. The lowest BCUT2D eigenvalue weighted by Gasteiger charge is -2.44. The highest BCUT2D eigenvalue weighted by Crippen LogP contribution is 2.52. The normalized spacial score (nSPS) is 21.2. The van der Waals surface area contributed by atoms with E-state index in [4.69, 9.17) is 28.4 Å². The Bertz CT molecular complexity index is 2030. The third-order valence-corrected chi connectivity index (χ3v) is 10.2. The summed E-state index contributed by atoms with van der Waals surface area (Å²) in [5.74, 6) is -5.05. The number of thiazole rings is 1. The number of alkyl halides is 8. The van der Waals surface area contributed by atoms with Crippen molar-refractivity contribution in [2.75, 3.05) is 6.61 Å². The van der Waals surface area contributed by atoms with E-state index in [1.54, 1.807) is 0 Å². The minimum absolute atomic E-state index is 0.0798. The van der Waals surface area contributed by atoms with E-state index < -0.39 is 96.6 Å². The van der Waals surface area contributed by atoms with E-state index in [0.717, 1.165) is 40.0 Å². The quantitative estimate of drug-likeness (QED) is 0.106. The molecule has 1 aliphatic heterocycles. The number of carbonyl (C=O) groups is 4. The predicted octanol–water partition coefficient (Wildman–Crippen LogP) is 5.40. The molecule has 0 bridgehead atoms. The molecular weight excluding hydrogens is 862 g/mol. The molecule has 0 radical (unpaired) electrons. The van der Waals surface area contributed by atoms with Gasteiger partial charge in [0, 0.05) is 57.0 Å². The van der Waals surface area contributed by atoms with Gasteiger partial charge in [0.05, 0.1) is 6.10 Å². The molecule has 15 nitrogen and oxygen atoms in total. The monoisotopic (exact) mass is 899 g/mol. The Labute approximate surface area is 344 Å². The van der Waals surface area contributed by atoms with Crippen LogP contribution in [0.2, 0.25) is 0 Å². The number of aromatic nitrogens is 2. The van der Waals surface area contributed by atoms with E-state index >= 15 is 0 Å². The van der Waals surface area contributed by atoms with Gasteiger partial charge in [-0.05, 0) is 42.5 Å². The minimum atomic E-state index is -6.23. The van der Waals surface area contributed by atoms with E-state index in [1.807, 2.05) is 0 Å². The molecule has 334 valence electrons. The van der Waals surface area contributed by atoms with E-state index in [9.17, 15) is 59.4 Å². The van der Waals surface area contributed by atoms with Gasteiger partial charge in [-0.3, -0.25) is 19.2 Å². The number of nitrogens with one attached hydrogen (secondary N) is 1. The van der Waals surface area contributed by atoms with Crippen LogP contribution in [0, 0.1) is 0 Å². The van der Waals surface area contributed by atoms with Crippen molar-refractivity contribution in [3.63, 3.8) is 0 Å². The number of amides is 1. The molecule has 0 spiro atoms. The average Bonchev–Trinajstić information content (AvgIpc) is 3.83. The number of hydrogen-bond acceptors (Lipinski definition) is 15. The van der Waals surface area contributed by atoms with Gasteiger partial charge in [-0.1, -0.05) is 12.1 Å². The first-order valence-electron chi connectivity index (χ1n) is 18.1. The number of ether oxygens (including phenoxy) is 7. The Balaban J connectivity index is 1.51. The molecular formula is C37H37F8N3O12S. The van der Waals surface area contributed by atoms with Gasteiger partial charge in [0.1, 0.15) is 23.8 Å². The molecule has 5 rings (SSSR count). The molecule has 61 heavy (non-hydrogen) atoms. The van der Waals surface area contributed by atoms with Crippen molar-refractivity contribution >= 4 is 35.2 Å². The Morgan fingerprint density at radius 3 is 2.07 bits per heavy atom. The van der Waals surface area contributed by atoms with E-state index in [0.29, 0.717) is 12.8 Å². The molecule has 3 aromatic rings. The maximum Gasteiger partial charge on any atom is 0.433 e. The van der Waals surface area contributed by atoms with Crippen LogP contribution >= 0.6 is 11.3 Å². The highest BCUT2D eigenvalue weighted by Gasteiger charge is 2.73. The van der Waals surface area contributed by atoms with Crippen LogP contribution in [0.3, 0.4) is 0 Å². The number of aliphatic hydroxyl groups is 1. The summed E-state index contributed by atoms with van der Waals surface area (Å²) in [5, 5.41) is 10.9. The summed E-state index contributed by atoms with van der Waals surface area (Å²) in [7, 11) is 0. The number of benzene rings is 1. The maximum absolute atomic E-state index is 13.8. The van der Waals surface area contributed by atoms with E-state index in [-0.39, 0.29) is 57.2 Å². The van der Waals surface area contributed by atoms with Crippen LogP contribution in [0.4, 0.5) is 35.1 Å². The van der Waals surface area contributed by atoms with Crippen molar-refractivity contribution < 1.29 is 92.6 Å². The van der Waals surface area contributed by atoms with Crippen molar-refractivity contribution in [3.05, 3.63) is 63.7 Å². The summed E-state index contributed by atoms with van der Waals surface area (Å²) in [6.45, 7) is 0.510. The molecule has 3 heterocycles. The fraction of sp³-hybridized carbons (Fsp3) is 0.514. The SMILES string of the molecule is CC(=O)N[C@@H]1C(OC(C)=O)[C@H](OC(C)=O)C(COC(C)=O)O[C@H]1Oc1ccc(C[C@@H](c2ccc(OC(F)F)c(OC3CC3)c2)c2cnc(C(O)(C(F)(F)F)C(F)(F)F)s2)cn1. The summed E-state index contributed by atoms with van der Waals surface area (Å²) in [6, 6.07) is 4.90. The highest BCUT2D eigenvalue weighted by atomic mass is 32.1. The van der Waals surface area contributed by atoms with Crippen LogP contribution in [0.5, 0.6) is 17.4 Å². The number of pyridine rings is 1. The van der Waals surface area contributed by atoms with Crippen LogP contribution in [0.1, 0.15) is 67.5 Å². The first kappa shape index (κ1) is 46.7. The molecule has 6 atom stereocenters. The molecule has 2 aromatic heterocycles. The molecule has 2 unspecified atom stereocenters. The van der Waals surface area contributed by atoms with Gasteiger partial charge in [-0.2, -0.15) is 35.1 Å². The van der Waals surface area contributed by atoms with Gasteiger partial charge >= 0.3 is 42.5 Å².